The number of unbranched alkanes of at least 4 members (excludes halogenated alkanes) is 1. The molecule has 1 saturated heterocycles. The van der Waals surface area contributed by atoms with Crippen LogP contribution in [0.4, 0.5) is 0 Å². The van der Waals surface area contributed by atoms with E-state index >= 15 is 0 Å². The maximum atomic E-state index is 5.75. The fraction of sp³-hybridized carbons (Fsp3) is 1.00. The number of hydrogen-bond donors (Lipinski definition) is 1. The average Bonchev–Trinajstić information content (AvgIpc) is 2.24. The molecule has 2 N–H and O–H groups in total. The minimum absolute atomic E-state index is 0.383. The van der Waals surface area contributed by atoms with Crippen LogP contribution in [0.15, 0.2) is 0 Å². The van der Waals surface area contributed by atoms with Crippen molar-refractivity contribution in [3.05, 3.63) is 0 Å². The van der Waals surface area contributed by atoms with Crippen LogP contribution in [0.2, 0.25) is 0 Å². The Balaban J connectivity index is 2.12. The first-order chi connectivity index (χ1) is 7.24. The molecule has 2 unspecified atom stereocenters. The van der Waals surface area contributed by atoms with Gasteiger partial charge in [0.2, 0.25) is 0 Å². The highest BCUT2D eigenvalue weighted by molar-refractivity contribution is 4.75. The quantitative estimate of drug-likeness (QED) is 0.686. The van der Waals surface area contributed by atoms with Crippen LogP contribution in [0.1, 0.15) is 58.8 Å². The Kier molecular flexibility index (Phi) is 6.26. The van der Waals surface area contributed by atoms with E-state index in [-0.39, 0.29) is 0 Å². The SMILES string of the molecule is CCC1CCCCN1CCCCC(C)N. The molecule has 1 rings (SSSR count). The molecule has 0 aromatic carbocycles. The molecule has 15 heavy (non-hydrogen) atoms. The summed E-state index contributed by atoms with van der Waals surface area (Å²) in [6.07, 6.45) is 9.41. The van der Waals surface area contributed by atoms with Gasteiger partial charge in [0.15, 0.2) is 0 Å². The Bertz CT molecular complexity index is 157. The van der Waals surface area contributed by atoms with Crippen LogP contribution in [0, 0.1) is 0 Å². The van der Waals surface area contributed by atoms with Crippen molar-refractivity contribution in [2.24, 2.45) is 5.73 Å². The molecule has 0 saturated carbocycles. The van der Waals surface area contributed by atoms with Gasteiger partial charge in [-0.05, 0) is 52.1 Å². The third-order valence-corrected chi connectivity index (χ3v) is 3.58. The maximum Gasteiger partial charge on any atom is 0.00926 e. The summed E-state index contributed by atoms with van der Waals surface area (Å²) >= 11 is 0. The van der Waals surface area contributed by atoms with E-state index in [2.05, 4.69) is 18.7 Å². The molecular formula is C13H28N2. The van der Waals surface area contributed by atoms with E-state index < -0.39 is 0 Å². The molecule has 1 aliphatic heterocycles. The normalized spacial score (nSPS) is 25.4. The minimum atomic E-state index is 0.383. The van der Waals surface area contributed by atoms with Gasteiger partial charge in [0.25, 0.3) is 0 Å². The highest BCUT2D eigenvalue weighted by Crippen LogP contribution is 2.19. The summed E-state index contributed by atoms with van der Waals surface area (Å²) in [5.74, 6) is 0. The van der Waals surface area contributed by atoms with Crippen LogP contribution in [0.25, 0.3) is 0 Å². The molecule has 0 aromatic rings. The largest absolute Gasteiger partial charge is 0.328 e. The molecule has 2 nitrogen and oxygen atoms in total. The molecule has 1 heterocycles. The molecular weight excluding hydrogens is 184 g/mol. The van der Waals surface area contributed by atoms with Gasteiger partial charge < -0.3 is 10.6 Å². The summed E-state index contributed by atoms with van der Waals surface area (Å²) in [5, 5.41) is 0. The molecule has 0 bridgehead atoms. The highest BCUT2D eigenvalue weighted by atomic mass is 15.2. The zero-order valence-corrected chi connectivity index (χ0v) is 10.5. The molecule has 1 fully saturated rings. The fourth-order valence-electron chi connectivity index (χ4n) is 2.60. The molecule has 0 aliphatic carbocycles. The lowest BCUT2D eigenvalue weighted by Gasteiger charge is -2.35. The van der Waals surface area contributed by atoms with Crippen LogP contribution in [0.3, 0.4) is 0 Å². The summed E-state index contributed by atoms with van der Waals surface area (Å²) < 4.78 is 0. The Labute approximate surface area is 95.2 Å². The van der Waals surface area contributed by atoms with Crippen molar-refractivity contribution in [3.63, 3.8) is 0 Å². The van der Waals surface area contributed by atoms with Crippen molar-refractivity contribution in [2.45, 2.75) is 70.9 Å². The second kappa shape index (κ2) is 7.24. The van der Waals surface area contributed by atoms with Gasteiger partial charge in [0, 0.05) is 12.1 Å². The third kappa shape index (κ3) is 4.98. The van der Waals surface area contributed by atoms with Gasteiger partial charge in [-0.1, -0.05) is 19.8 Å². The molecule has 0 amide bonds. The van der Waals surface area contributed by atoms with Crippen LogP contribution in [0.5, 0.6) is 0 Å². The zero-order valence-electron chi connectivity index (χ0n) is 10.5. The number of rotatable bonds is 6. The van der Waals surface area contributed by atoms with E-state index in [1.165, 1.54) is 58.0 Å². The molecule has 0 aromatic heterocycles. The van der Waals surface area contributed by atoms with Crippen LogP contribution >= 0.6 is 0 Å². The van der Waals surface area contributed by atoms with E-state index in [1.54, 1.807) is 0 Å². The van der Waals surface area contributed by atoms with Gasteiger partial charge in [-0.2, -0.15) is 0 Å². The fourth-order valence-corrected chi connectivity index (χ4v) is 2.60. The molecule has 90 valence electrons. The summed E-state index contributed by atoms with van der Waals surface area (Å²) in [5.41, 5.74) is 5.75. The predicted octanol–water partition coefficient (Wildman–Crippen LogP) is 2.77. The van der Waals surface area contributed by atoms with E-state index in [1.807, 2.05) is 0 Å². The molecule has 2 atom stereocenters. The second-order valence-electron chi connectivity index (χ2n) is 5.07. The Hall–Kier alpha value is -0.0800. The Morgan fingerprint density at radius 2 is 2.13 bits per heavy atom. The van der Waals surface area contributed by atoms with Gasteiger partial charge >= 0.3 is 0 Å². The van der Waals surface area contributed by atoms with Crippen molar-refractivity contribution in [1.82, 2.24) is 4.90 Å². The van der Waals surface area contributed by atoms with E-state index in [0.717, 1.165) is 6.04 Å². The highest BCUT2D eigenvalue weighted by Gasteiger charge is 2.19. The maximum absolute atomic E-state index is 5.75. The number of piperidine rings is 1. The van der Waals surface area contributed by atoms with E-state index in [9.17, 15) is 0 Å². The number of nitrogens with two attached hydrogens (primary N) is 1. The predicted molar refractivity (Wildman–Crippen MR) is 67.0 cm³/mol. The van der Waals surface area contributed by atoms with E-state index in [4.69, 9.17) is 5.73 Å². The monoisotopic (exact) mass is 212 g/mol. The molecule has 2 heteroatoms. The van der Waals surface area contributed by atoms with Crippen LogP contribution in [-0.2, 0) is 0 Å². The van der Waals surface area contributed by atoms with Crippen LogP contribution in [-0.4, -0.2) is 30.1 Å². The van der Waals surface area contributed by atoms with Gasteiger partial charge in [0.1, 0.15) is 0 Å². The summed E-state index contributed by atoms with van der Waals surface area (Å²) in [4.78, 5) is 2.70. The molecule has 0 radical (unpaired) electrons. The first-order valence-corrected chi connectivity index (χ1v) is 6.73. The lowest BCUT2D eigenvalue weighted by Crippen LogP contribution is -2.39. The second-order valence-corrected chi connectivity index (χ2v) is 5.07. The number of likely N-dealkylation sites (tertiary alicyclic amines) is 1. The standard InChI is InChI=1S/C13H28N2/c1-3-13-9-5-7-11-15(13)10-6-4-8-12(2)14/h12-13H,3-11,14H2,1-2H3. The number of nitrogens with zero attached hydrogens (tertiary/aromatic N) is 1. The zero-order chi connectivity index (χ0) is 11.1. The van der Waals surface area contributed by atoms with Gasteiger partial charge in [-0.15, -0.1) is 0 Å². The topological polar surface area (TPSA) is 29.3 Å². The van der Waals surface area contributed by atoms with Gasteiger partial charge in [0.05, 0.1) is 0 Å². The summed E-state index contributed by atoms with van der Waals surface area (Å²) in [6.45, 7) is 7.06. The Morgan fingerprint density at radius 1 is 1.33 bits per heavy atom. The molecule has 0 spiro atoms. The molecule has 1 aliphatic rings. The van der Waals surface area contributed by atoms with E-state index in [0.29, 0.717) is 6.04 Å². The van der Waals surface area contributed by atoms with Crippen molar-refractivity contribution in [1.29, 1.82) is 0 Å². The minimum Gasteiger partial charge on any atom is -0.328 e. The lowest BCUT2D eigenvalue weighted by atomic mass is 9.99. The van der Waals surface area contributed by atoms with Gasteiger partial charge in [-0.25, -0.2) is 0 Å². The van der Waals surface area contributed by atoms with Crippen molar-refractivity contribution in [3.8, 4) is 0 Å². The average molecular weight is 212 g/mol. The first-order valence-electron chi connectivity index (χ1n) is 6.73. The summed E-state index contributed by atoms with van der Waals surface area (Å²) in [7, 11) is 0. The van der Waals surface area contributed by atoms with Crippen molar-refractivity contribution < 1.29 is 0 Å². The Morgan fingerprint density at radius 3 is 2.80 bits per heavy atom. The first kappa shape index (κ1) is 13.0. The van der Waals surface area contributed by atoms with Crippen molar-refractivity contribution >= 4 is 0 Å². The third-order valence-electron chi connectivity index (χ3n) is 3.58. The number of hydrogen-bond acceptors (Lipinski definition) is 2. The summed E-state index contributed by atoms with van der Waals surface area (Å²) in [6, 6.07) is 1.25. The van der Waals surface area contributed by atoms with Crippen molar-refractivity contribution in [2.75, 3.05) is 13.1 Å². The van der Waals surface area contributed by atoms with Crippen LogP contribution < -0.4 is 5.73 Å². The smallest absolute Gasteiger partial charge is 0.00926 e. The van der Waals surface area contributed by atoms with Gasteiger partial charge in [-0.3, -0.25) is 0 Å². The lowest BCUT2D eigenvalue weighted by molar-refractivity contribution is 0.141.